The molecule has 1 aromatic rings. The van der Waals surface area contributed by atoms with E-state index in [-0.39, 0.29) is 16.4 Å². The molecule has 0 radical (unpaired) electrons. The molecule has 2 saturated carbocycles. The van der Waals surface area contributed by atoms with Gasteiger partial charge < -0.3 is 9.47 Å². The number of carbonyl (C=O) groups is 1. The molecule has 1 aliphatic heterocycles. The Bertz CT molecular complexity index is 821. The summed E-state index contributed by atoms with van der Waals surface area (Å²) in [6.07, 6.45) is 15.8. The Morgan fingerprint density at radius 3 is 2.13 bits per heavy atom. The zero-order chi connectivity index (χ0) is 21.7. The highest BCUT2D eigenvalue weighted by molar-refractivity contribution is 6.87. The van der Waals surface area contributed by atoms with Crippen LogP contribution in [0.4, 0.5) is 0 Å². The number of benzene rings is 1. The molecule has 2 atom stereocenters. The second-order valence-corrected chi connectivity index (χ2v) is 16.4. The van der Waals surface area contributed by atoms with E-state index in [9.17, 15) is 4.79 Å². The van der Waals surface area contributed by atoms with Crippen molar-refractivity contribution in [1.82, 2.24) is 0 Å². The summed E-state index contributed by atoms with van der Waals surface area (Å²) >= 11 is 0. The maximum absolute atomic E-state index is 13.0. The highest BCUT2D eigenvalue weighted by atomic mass is 28.3. The zero-order valence-corrected chi connectivity index (χ0v) is 20.8. The summed E-state index contributed by atoms with van der Waals surface area (Å²) in [5.41, 5.74) is 4.94. The fraction of sp³-hybridized carbons (Fsp3) is 0.741. The fourth-order valence-electron chi connectivity index (χ4n) is 9.09. The minimum Gasteiger partial charge on any atom is -0.497 e. The van der Waals surface area contributed by atoms with Crippen LogP contribution in [0.3, 0.4) is 0 Å². The van der Waals surface area contributed by atoms with Crippen molar-refractivity contribution in [3.63, 3.8) is 0 Å². The number of hydrogen-bond donors (Lipinski definition) is 0. The van der Waals surface area contributed by atoms with Crippen molar-refractivity contribution in [1.29, 1.82) is 0 Å². The van der Waals surface area contributed by atoms with Crippen molar-refractivity contribution < 1.29 is 14.3 Å². The van der Waals surface area contributed by atoms with Crippen LogP contribution in [0, 0.1) is 0 Å². The van der Waals surface area contributed by atoms with E-state index in [1.165, 1.54) is 81.4 Å². The minimum atomic E-state index is -1.83. The quantitative estimate of drug-likeness (QED) is 0.372. The normalized spacial score (nSPS) is 32.6. The minimum absolute atomic E-state index is 0.0106. The Labute approximate surface area is 189 Å². The number of fused-ring (bicyclic) bond motifs is 5. The molecule has 4 aliphatic rings. The molecule has 2 unspecified atom stereocenters. The number of rotatable bonds is 5. The summed E-state index contributed by atoms with van der Waals surface area (Å²) in [7, 11) is 1.52. The first-order valence-corrected chi connectivity index (χ1v) is 15.1. The van der Waals surface area contributed by atoms with Gasteiger partial charge in [-0.05, 0) is 52.2 Å². The van der Waals surface area contributed by atoms with Crippen LogP contribution in [-0.4, -0.2) is 28.3 Å². The van der Waals surface area contributed by atoms with Crippen LogP contribution in [0.1, 0.15) is 95.1 Å². The van der Waals surface area contributed by atoms with Gasteiger partial charge in [0.25, 0.3) is 0 Å². The predicted octanol–water partition coefficient (Wildman–Crippen LogP) is 6.83. The van der Waals surface area contributed by atoms with E-state index in [1.54, 1.807) is 14.2 Å². The van der Waals surface area contributed by atoms with Crippen LogP contribution < -0.4 is 4.74 Å². The summed E-state index contributed by atoms with van der Waals surface area (Å²) in [6, 6.07) is 8.19. The van der Waals surface area contributed by atoms with Gasteiger partial charge in [-0.15, -0.1) is 0 Å². The average molecular weight is 441 g/mol. The number of ether oxygens (including phenoxy) is 2. The molecule has 170 valence electrons. The number of methoxy groups -OCH3 is 2. The van der Waals surface area contributed by atoms with Crippen LogP contribution in [-0.2, 0) is 20.0 Å². The monoisotopic (exact) mass is 440 g/mol. The molecular weight excluding hydrogens is 400 g/mol. The van der Waals surface area contributed by atoms with Gasteiger partial charge in [-0.2, -0.15) is 0 Å². The molecule has 1 aromatic carbocycles. The van der Waals surface area contributed by atoms with Gasteiger partial charge in [-0.3, -0.25) is 4.79 Å². The molecule has 5 rings (SSSR count). The van der Waals surface area contributed by atoms with E-state index in [1.807, 2.05) is 0 Å². The SMILES string of the molecule is COC(=O)CC12CC(C)(C[Si]1(C1CCCCC1)C1CCCCC1)c1cc(OC)ccc12. The van der Waals surface area contributed by atoms with Crippen molar-refractivity contribution in [3.8, 4) is 5.75 Å². The van der Waals surface area contributed by atoms with Gasteiger partial charge in [-0.25, -0.2) is 0 Å². The van der Waals surface area contributed by atoms with Crippen molar-refractivity contribution in [2.75, 3.05) is 14.2 Å². The second-order valence-electron chi connectivity index (χ2n) is 11.4. The first-order valence-electron chi connectivity index (χ1n) is 12.7. The van der Waals surface area contributed by atoms with Crippen molar-refractivity contribution in [3.05, 3.63) is 29.3 Å². The molecule has 3 fully saturated rings. The van der Waals surface area contributed by atoms with Crippen molar-refractivity contribution in [2.24, 2.45) is 0 Å². The van der Waals surface area contributed by atoms with Crippen LogP contribution in [0.2, 0.25) is 17.1 Å². The third-order valence-corrected chi connectivity index (χ3v) is 17.8. The van der Waals surface area contributed by atoms with Crippen molar-refractivity contribution >= 4 is 14.0 Å². The molecule has 3 nitrogen and oxygen atoms in total. The molecule has 0 aromatic heterocycles. The van der Waals surface area contributed by atoms with E-state index >= 15 is 0 Å². The van der Waals surface area contributed by atoms with Gasteiger partial charge in [-0.1, -0.05) is 77.2 Å². The molecule has 31 heavy (non-hydrogen) atoms. The summed E-state index contributed by atoms with van der Waals surface area (Å²) < 4.78 is 11.0. The summed E-state index contributed by atoms with van der Waals surface area (Å²) in [5, 5.41) is 0.0560. The molecule has 0 amide bonds. The maximum atomic E-state index is 13.0. The van der Waals surface area contributed by atoms with Gasteiger partial charge in [0.05, 0.1) is 28.7 Å². The lowest BCUT2D eigenvalue weighted by molar-refractivity contribution is -0.141. The number of hydrogen-bond acceptors (Lipinski definition) is 3. The Morgan fingerprint density at radius 1 is 0.968 bits per heavy atom. The summed E-state index contributed by atoms with van der Waals surface area (Å²) in [6.45, 7) is 2.52. The fourth-order valence-corrected chi connectivity index (χ4v) is 18.6. The first kappa shape index (κ1) is 21.5. The number of esters is 1. The number of carbonyl (C=O) groups excluding carboxylic acids is 1. The third kappa shape index (κ3) is 3.07. The highest BCUT2D eigenvalue weighted by Gasteiger charge is 2.73. The van der Waals surface area contributed by atoms with E-state index in [2.05, 4.69) is 25.1 Å². The Morgan fingerprint density at radius 2 is 1.58 bits per heavy atom. The van der Waals surface area contributed by atoms with E-state index in [4.69, 9.17) is 9.47 Å². The average Bonchev–Trinajstić information content (AvgIpc) is 3.23. The highest BCUT2D eigenvalue weighted by Crippen LogP contribution is 2.73. The van der Waals surface area contributed by atoms with Gasteiger partial charge in [0, 0.05) is 5.04 Å². The maximum Gasteiger partial charge on any atom is 0.306 e. The van der Waals surface area contributed by atoms with Crippen LogP contribution in [0.5, 0.6) is 5.75 Å². The van der Waals surface area contributed by atoms with Crippen LogP contribution >= 0.6 is 0 Å². The lowest BCUT2D eigenvalue weighted by atomic mass is 9.85. The lowest BCUT2D eigenvalue weighted by Gasteiger charge is -2.57. The smallest absolute Gasteiger partial charge is 0.306 e. The van der Waals surface area contributed by atoms with Crippen molar-refractivity contribution in [2.45, 2.75) is 112 Å². The topological polar surface area (TPSA) is 35.5 Å². The van der Waals surface area contributed by atoms with E-state index in [0.717, 1.165) is 23.3 Å². The van der Waals surface area contributed by atoms with Gasteiger partial charge in [0.2, 0.25) is 0 Å². The zero-order valence-electron chi connectivity index (χ0n) is 19.8. The summed E-state index contributed by atoms with van der Waals surface area (Å²) in [4.78, 5) is 13.0. The van der Waals surface area contributed by atoms with Crippen LogP contribution in [0.15, 0.2) is 18.2 Å². The Balaban J connectivity index is 1.72. The van der Waals surface area contributed by atoms with E-state index in [0.29, 0.717) is 6.42 Å². The van der Waals surface area contributed by atoms with Crippen LogP contribution in [0.25, 0.3) is 0 Å². The predicted molar refractivity (Wildman–Crippen MR) is 128 cm³/mol. The molecule has 0 spiro atoms. The van der Waals surface area contributed by atoms with E-state index < -0.39 is 8.07 Å². The Hall–Kier alpha value is -1.29. The summed E-state index contributed by atoms with van der Waals surface area (Å²) in [5.74, 6) is 0.972. The third-order valence-electron chi connectivity index (χ3n) is 10.00. The molecule has 1 heterocycles. The molecule has 4 heteroatoms. The van der Waals surface area contributed by atoms with Gasteiger partial charge in [0.15, 0.2) is 0 Å². The molecule has 0 N–H and O–H groups in total. The van der Waals surface area contributed by atoms with Gasteiger partial charge in [0.1, 0.15) is 5.75 Å². The molecular formula is C27H40O3Si. The lowest BCUT2D eigenvalue weighted by Crippen LogP contribution is -2.61. The molecule has 3 aliphatic carbocycles. The Kier molecular flexibility index (Phi) is 5.51. The second kappa shape index (κ2) is 7.93. The molecule has 1 saturated heterocycles. The standard InChI is InChI=1S/C27H40O3Si/c1-26-18-27(17-25(28)30-3,23-15-14-20(29-2)16-24(23)26)31(19-26,21-10-6-4-7-11-21)22-12-8-5-9-13-22/h14-16,21-22H,4-13,17-19H2,1-3H3. The molecule has 2 bridgehead atoms. The van der Waals surface area contributed by atoms with Gasteiger partial charge >= 0.3 is 5.97 Å². The largest absolute Gasteiger partial charge is 0.497 e. The first-order chi connectivity index (χ1) is 15.0.